The SMILES string of the molecule is COCCNc1cnnc(Nc2cc(OC)c(OC)c(OC)c2)n1. The number of methoxy groups -OCH3 is 4. The largest absolute Gasteiger partial charge is 0.493 e. The minimum Gasteiger partial charge on any atom is -0.493 e. The van der Waals surface area contributed by atoms with Gasteiger partial charge in [-0.15, -0.1) is 5.10 Å². The lowest BCUT2D eigenvalue weighted by atomic mass is 10.2. The van der Waals surface area contributed by atoms with Crippen LogP contribution >= 0.6 is 0 Å². The molecule has 1 aromatic carbocycles. The van der Waals surface area contributed by atoms with Crippen molar-refractivity contribution in [3.63, 3.8) is 0 Å². The van der Waals surface area contributed by atoms with Crippen LogP contribution in [0.3, 0.4) is 0 Å². The average Bonchev–Trinajstić information content (AvgIpc) is 2.61. The van der Waals surface area contributed by atoms with E-state index in [9.17, 15) is 0 Å². The third kappa shape index (κ3) is 4.35. The lowest BCUT2D eigenvalue weighted by molar-refractivity contribution is 0.210. The first-order valence-electron chi connectivity index (χ1n) is 7.21. The molecule has 0 aliphatic rings. The second kappa shape index (κ2) is 8.73. The molecule has 0 amide bonds. The van der Waals surface area contributed by atoms with Crippen molar-refractivity contribution in [2.24, 2.45) is 0 Å². The summed E-state index contributed by atoms with van der Waals surface area (Å²) in [4.78, 5) is 4.33. The lowest BCUT2D eigenvalue weighted by Crippen LogP contribution is -2.10. The second-order valence-corrected chi connectivity index (χ2v) is 4.62. The van der Waals surface area contributed by atoms with Gasteiger partial charge in [-0.25, -0.2) is 0 Å². The molecule has 1 heterocycles. The van der Waals surface area contributed by atoms with E-state index >= 15 is 0 Å². The highest BCUT2D eigenvalue weighted by atomic mass is 16.5. The standard InChI is InChI=1S/C15H21N5O4/c1-21-6-5-16-13-9-17-20-15(19-13)18-10-7-11(22-2)14(24-4)12(8-10)23-3/h7-9H,5-6H2,1-4H3,(H2,16,18,19,20). The van der Waals surface area contributed by atoms with E-state index in [4.69, 9.17) is 18.9 Å². The van der Waals surface area contributed by atoms with Crippen molar-refractivity contribution < 1.29 is 18.9 Å². The summed E-state index contributed by atoms with van der Waals surface area (Å²) >= 11 is 0. The Bertz CT molecular complexity index is 643. The minimum atomic E-state index is 0.340. The molecule has 1 aromatic heterocycles. The molecule has 130 valence electrons. The molecule has 0 atom stereocenters. The topological polar surface area (TPSA) is 99.7 Å². The molecule has 0 bridgehead atoms. The van der Waals surface area contributed by atoms with Crippen molar-refractivity contribution in [3.05, 3.63) is 18.3 Å². The fourth-order valence-corrected chi connectivity index (χ4v) is 2.01. The highest BCUT2D eigenvalue weighted by Gasteiger charge is 2.14. The van der Waals surface area contributed by atoms with Gasteiger partial charge in [0.25, 0.3) is 0 Å². The molecule has 0 fully saturated rings. The fourth-order valence-electron chi connectivity index (χ4n) is 2.01. The van der Waals surface area contributed by atoms with Gasteiger partial charge in [0.15, 0.2) is 17.3 Å². The summed E-state index contributed by atoms with van der Waals surface area (Å²) in [5.41, 5.74) is 0.681. The average molecular weight is 335 g/mol. The van der Waals surface area contributed by atoms with E-state index in [1.807, 2.05) is 0 Å². The molecular formula is C15H21N5O4. The number of nitrogens with one attached hydrogen (secondary N) is 2. The van der Waals surface area contributed by atoms with Gasteiger partial charge >= 0.3 is 0 Å². The summed E-state index contributed by atoms with van der Waals surface area (Å²) in [7, 11) is 6.30. The highest BCUT2D eigenvalue weighted by Crippen LogP contribution is 2.40. The maximum Gasteiger partial charge on any atom is 0.249 e. The van der Waals surface area contributed by atoms with Gasteiger partial charge in [0.05, 0.1) is 34.1 Å². The first-order chi connectivity index (χ1) is 11.7. The molecule has 9 heteroatoms. The third-order valence-electron chi connectivity index (χ3n) is 3.09. The molecule has 2 rings (SSSR count). The molecule has 0 spiro atoms. The third-order valence-corrected chi connectivity index (χ3v) is 3.09. The lowest BCUT2D eigenvalue weighted by Gasteiger charge is -2.14. The molecule has 0 aliphatic heterocycles. The molecule has 0 unspecified atom stereocenters. The van der Waals surface area contributed by atoms with Crippen LogP contribution in [0.5, 0.6) is 17.2 Å². The zero-order valence-electron chi connectivity index (χ0n) is 14.1. The Labute approximate surface area is 140 Å². The summed E-state index contributed by atoms with van der Waals surface area (Å²) in [6.07, 6.45) is 1.54. The van der Waals surface area contributed by atoms with E-state index in [1.165, 1.54) is 6.20 Å². The molecule has 0 aliphatic carbocycles. The van der Waals surface area contributed by atoms with E-state index in [0.29, 0.717) is 47.9 Å². The summed E-state index contributed by atoms with van der Waals surface area (Å²) in [5.74, 6) is 2.51. The maximum absolute atomic E-state index is 5.32. The summed E-state index contributed by atoms with van der Waals surface area (Å²) in [6.45, 7) is 1.19. The molecule has 2 aromatic rings. The van der Waals surface area contributed by atoms with Crippen LogP contribution < -0.4 is 24.8 Å². The quantitative estimate of drug-likeness (QED) is 0.663. The number of nitrogens with zero attached hydrogens (tertiary/aromatic N) is 3. The molecule has 0 saturated heterocycles. The Morgan fingerprint density at radius 1 is 1.00 bits per heavy atom. The number of ether oxygens (including phenoxy) is 4. The fraction of sp³-hybridized carbons (Fsp3) is 0.400. The van der Waals surface area contributed by atoms with E-state index in [-0.39, 0.29) is 0 Å². The molecule has 0 radical (unpaired) electrons. The summed E-state index contributed by atoms with van der Waals surface area (Å²) < 4.78 is 20.9. The van der Waals surface area contributed by atoms with Gasteiger partial charge in [0.2, 0.25) is 11.7 Å². The predicted octanol–water partition coefficient (Wildman–Crippen LogP) is 1.70. The van der Waals surface area contributed by atoms with Crippen molar-refractivity contribution >= 4 is 17.5 Å². The van der Waals surface area contributed by atoms with E-state index < -0.39 is 0 Å². The number of rotatable bonds is 9. The molecule has 2 N–H and O–H groups in total. The molecular weight excluding hydrogens is 314 g/mol. The second-order valence-electron chi connectivity index (χ2n) is 4.62. The summed E-state index contributed by atoms with van der Waals surface area (Å²) in [6, 6.07) is 3.52. The van der Waals surface area contributed by atoms with Crippen LogP contribution in [0, 0.1) is 0 Å². The molecule has 0 saturated carbocycles. The minimum absolute atomic E-state index is 0.340. The Morgan fingerprint density at radius 3 is 2.29 bits per heavy atom. The van der Waals surface area contributed by atoms with Gasteiger partial charge < -0.3 is 29.6 Å². The van der Waals surface area contributed by atoms with Gasteiger partial charge in [-0.05, 0) is 0 Å². The van der Waals surface area contributed by atoms with Crippen LogP contribution in [0.4, 0.5) is 17.5 Å². The number of hydrogen-bond acceptors (Lipinski definition) is 9. The Hall–Kier alpha value is -2.81. The van der Waals surface area contributed by atoms with Gasteiger partial charge in [0, 0.05) is 31.5 Å². The number of anilines is 3. The Balaban J connectivity index is 2.20. The Morgan fingerprint density at radius 2 is 1.71 bits per heavy atom. The van der Waals surface area contributed by atoms with E-state index in [1.54, 1.807) is 40.6 Å². The zero-order valence-corrected chi connectivity index (χ0v) is 14.1. The van der Waals surface area contributed by atoms with Crippen molar-refractivity contribution in [3.8, 4) is 17.2 Å². The van der Waals surface area contributed by atoms with Crippen LogP contribution in [0.15, 0.2) is 18.3 Å². The molecule has 24 heavy (non-hydrogen) atoms. The van der Waals surface area contributed by atoms with Gasteiger partial charge in [-0.2, -0.15) is 10.1 Å². The van der Waals surface area contributed by atoms with Gasteiger partial charge in [-0.3, -0.25) is 0 Å². The van der Waals surface area contributed by atoms with Gasteiger partial charge in [-0.1, -0.05) is 0 Å². The van der Waals surface area contributed by atoms with E-state index in [0.717, 1.165) is 0 Å². The number of aromatic nitrogens is 3. The van der Waals surface area contributed by atoms with Crippen LogP contribution in [-0.2, 0) is 4.74 Å². The molecule has 9 nitrogen and oxygen atoms in total. The Kier molecular flexibility index (Phi) is 6.38. The van der Waals surface area contributed by atoms with Crippen LogP contribution in [0.2, 0.25) is 0 Å². The normalized spacial score (nSPS) is 10.2. The van der Waals surface area contributed by atoms with E-state index in [2.05, 4.69) is 25.8 Å². The maximum atomic E-state index is 5.32. The van der Waals surface area contributed by atoms with Crippen LogP contribution in [0.1, 0.15) is 0 Å². The summed E-state index contributed by atoms with van der Waals surface area (Å²) in [5, 5.41) is 14.0. The predicted molar refractivity (Wildman–Crippen MR) is 89.6 cm³/mol. The zero-order chi connectivity index (χ0) is 17.4. The van der Waals surface area contributed by atoms with Crippen molar-refractivity contribution in [2.75, 3.05) is 52.2 Å². The van der Waals surface area contributed by atoms with Crippen LogP contribution in [0.25, 0.3) is 0 Å². The van der Waals surface area contributed by atoms with Crippen molar-refractivity contribution in [1.82, 2.24) is 15.2 Å². The van der Waals surface area contributed by atoms with Gasteiger partial charge in [0.1, 0.15) is 0 Å². The monoisotopic (exact) mass is 335 g/mol. The highest BCUT2D eigenvalue weighted by molar-refractivity contribution is 5.65. The van der Waals surface area contributed by atoms with Crippen LogP contribution in [-0.4, -0.2) is 56.8 Å². The van der Waals surface area contributed by atoms with Crippen molar-refractivity contribution in [1.29, 1.82) is 0 Å². The smallest absolute Gasteiger partial charge is 0.249 e. The van der Waals surface area contributed by atoms with Crippen molar-refractivity contribution in [2.45, 2.75) is 0 Å². The first-order valence-corrected chi connectivity index (χ1v) is 7.21. The first kappa shape index (κ1) is 17.5. The number of benzene rings is 1. The number of hydrogen-bond donors (Lipinski definition) is 2.